The van der Waals surface area contributed by atoms with Crippen molar-refractivity contribution in [1.29, 1.82) is 0 Å². The molecule has 0 unspecified atom stereocenters. The Balaban J connectivity index is 1.65. The van der Waals surface area contributed by atoms with Crippen LogP contribution in [-0.4, -0.2) is 36.7 Å². The van der Waals surface area contributed by atoms with Gasteiger partial charge in [0.1, 0.15) is 6.67 Å². The molecule has 0 saturated heterocycles. The lowest BCUT2D eigenvalue weighted by Crippen LogP contribution is -2.30. The van der Waals surface area contributed by atoms with Gasteiger partial charge in [0.15, 0.2) is 5.82 Å². The number of aromatic nitrogens is 4. The highest BCUT2D eigenvalue weighted by Gasteiger charge is 2.35. The Hall–Kier alpha value is -3.75. The third-order valence-corrected chi connectivity index (χ3v) is 4.13. The number of carbonyl (C=O) groups excluding carboxylic acids is 2. The van der Waals surface area contributed by atoms with Gasteiger partial charge in [-0.15, -0.1) is 0 Å². The summed E-state index contributed by atoms with van der Waals surface area (Å²) in [7, 11) is 0. The van der Waals surface area contributed by atoms with Gasteiger partial charge in [-0.3, -0.25) is 14.5 Å². The minimum absolute atomic E-state index is 0.0230. The number of nitrogens with zero attached hydrogens (tertiary/aromatic N) is 4. The van der Waals surface area contributed by atoms with Gasteiger partial charge in [0.2, 0.25) is 0 Å². The van der Waals surface area contributed by atoms with Crippen molar-refractivity contribution in [3.8, 4) is 11.3 Å². The fourth-order valence-electron chi connectivity index (χ4n) is 2.85. The Bertz CT molecular complexity index is 1080. The molecule has 0 bridgehead atoms. The van der Waals surface area contributed by atoms with Crippen molar-refractivity contribution in [3.05, 3.63) is 75.9 Å². The van der Waals surface area contributed by atoms with E-state index in [1.54, 1.807) is 24.3 Å². The van der Waals surface area contributed by atoms with Crippen LogP contribution in [0.4, 0.5) is 4.39 Å². The zero-order valence-corrected chi connectivity index (χ0v) is 13.8. The number of halogens is 1. The highest BCUT2D eigenvalue weighted by Crippen LogP contribution is 2.24. The predicted octanol–water partition coefficient (Wildman–Crippen LogP) is 1.49. The Morgan fingerprint density at radius 2 is 1.63 bits per heavy atom. The lowest BCUT2D eigenvalue weighted by Gasteiger charge is -2.14. The first-order valence-electron chi connectivity index (χ1n) is 7.99. The molecule has 1 aliphatic heterocycles. The molecule has 134 valence electrons. The largest absolute Gasteiger partial charge is 0.345 e. The van der Waals surface area contributed by atoms with Gasteiger partial charge in [0.05, 0.1) is 23.4 Å². The monoisotopic (exact) mass is 365 g/mol. The van der Waals surface area contributed by atoms with E-state index in [4.69, 9.17) is 0 Å². The summed E-state index contributed by atoms with van der Waals surface area (Å²) in [5.74, 6) is -0.828. The first-order valence-corrected chi connectivity index (χ1v) is 7.99. The minimum atomic E-state index is -0.798. The van der Waals surface area contributed by atoms with Crippen LogP contribution in [0.15, 0.2) is 47.5 Å². The van der Waals surface area contributed by atoms with Crippen molar-refractivity contribution in [2.75, 3.05) is 0 Å². The number of alkyl halides is 1. The number of imide groups is 1. The van der Waals surface area contributed by atoms with Gasteiger partial charge in [-0.1, -0.05) is 12.1 Å². The van der Waals surface area contributed by atoms with Crippen LogP contribution in [0.2, 0.25) is 0 Å². The number of hydrogen-bond acceptors (Lipinski definition) is 6. The van der Waals surface area contributed by atoms with Crippen LogP contribution in [0, 0.1) is 0 Å². The number of carbonyl (C=O) groups is 2. The Kier molecular flexibility index (Phi) is 4.03. The van der Waals surface area contributed by atoms with Crippen molar-refractivity contribution in [1.82, 2.24) is 24.8 Å². The van der Waals surface area contributed by atoms with E-state index in [1.807, 2.05) is 0 Å². The van der Waals surface area contributed by atoms with E-state index in [9.17, 15) is 18.8 Å². The minimum Gasteiger partial charge on any atom is -0.308 e. The molecule has 0 spiro atoms. The molecule has 0 saturated carbocycles. The molecule has 2 amide bonds. The molecule has 0 radical (unpaired) electrons. The summed E-state index contributed by atoms with van der Waals surface area (Å²) in [6.45, 7) is -0.908. The van der Waals surface area contributed by atoms with Crippen LogP contribution >= 0.6 is 0 Å². The molecule has 3 aromatic rings. The first-order chi connectivity index (χ1) is 13.1. The summed E-state index contributed by atoms with van der Waals surface area (Å²) in [5.41, 5.74) is 1.02. The molecule has 3 heterocycles. The van der Waals surface area contributed by atoms with E-state index < -0.39 is 24.2 Å². The fourth-order valence-corrected chi connectivity index (χ4v) is 2.85. The van der Waals surface area contributed by atoms with E-state index in [2.05, 4.69) is 19.9 Å². The van der Waals surface area contributed by atoms with Crippen LogP contribution < -0.4 is 5.69 Å². The predicted molar refractivity (Wildman–Crippen MR) is 91.3 cm³/mol. The number of nitrogens with one attached hydrogen (secondary N) is 1. The summed E-state index contributed by atoms with van der Waals surface area (Å²) in [6.07, 6.45) is 2.71. The number of aromatic amines is 1. The molecular weight excluding hydrogens is 353 g/mol. The molecular formula is C18H12FN5O3. The van der Waals surface area contributed by atoms with Gasteiger partial charge in [0, 0.05) is 23.7 Å². The summed E-state index contributed by atoms with van der Waals surface area (Å²) in [5, 5.41) is 0. The third-order valence-electron chi connectivity index (χ3n) is 4.13. The highest BCUT2D eigenvalue weighted by molar-refractivity contribution is 6.21. The fraction of sp³-hybridized carbons (Fsp3) is 0.111. The number of rotatable bonds is 4. The van der Waals surface area contributed by atoms with Crippen molar-refractivity contribution in [2.45, 2.75) is 13.2 Å². The molecule has 4 rings (SSSR count). The highest BCUT2D eigenvalue weighted by atomic mass is 19.1. The second-order valence-electron chi connectivity index (χ2n) is 5.86. The quantitative estimate of drug-likeness (QED) is 0.702. The molecule has 1 aliphatic rings. The van der Waals surface area contributed by atoms with Crippen LogP contribution in [0.3, 0.4) is 0 Å². The lowest BCUT2D eigenvalue weighted by atomic mass is 10.1. The number of benzene rings is 1. The topological polar surface area (TPSA) is 109 Å². The molecule has 2 aromatic heterocycles. The van der Waals surface area contributed by atoms with Gasteiger partial charge in [-0.2, -0.15) is 4.98 Å². The number of H-pyrrole nitrogens is 1. The molecule has 0 aliphatic carbocycles. The normalized spacial score (nSPS) is 13.1. The van der Waals surface area contributed by atoms with E-state index >= 15 is 0 Å². The van der Waals surface area contributed by atoms with Gasteiger partial charge in [0.25, 0.3) is 11.8 Å². The van der Waals surface area contributed by atoms with E-state index in [0.29, 0.717) is 22.4 Å². The van der Waals surface area contributed by atoms with Gasteiger partial charge in [-0.05, 0) is 18.2 Å². The smallest absolute Gasteiger partial charge is 0.308 e. The summed E-state index contributed by atoms with van der Waals surface area (Å²) in [4.78, 5) is 51.9. The van der Waals surface area contributed by atoms with E-state index in [0.717, 1.165) is 4.90 Å². The van der Waals surface area contributed by atoms with Crippen molar-refractivity contribution < 1.29 is 14.0 Å². The molecule has 1 N–H and O–H groups in total. The van der Waals surface area contributed by atoms with E-state index in [1.165, 1.54) is 18.5 Å². The van der Waals surface area contributed by atoms with Gasteiger partial charge < -0.3 is 4.98 Å². The zero-order valence-electron chi connectivity index (χ0n) is 13.8. The average molecular weight is 365 g/mol. The zero-order chi connectivity index (χ0) is 19.0. The second kappa shape index (κ2) is 6.52. The number of amides is 2. The second-order valence-corrected chi connectivity index (χ2v) is 5.86. The average Bonchev–Trinajstić information content (AvgIpc) is 2.93. The molecule has 0 fully saturated rings. The van der Waals surface area contributed by atoms with Crippen molar-refractivity contribution >= 4 is 11.8 Å². The lowest BCUT2D eigenvalue weighted by molar-refractivity contribution is 0.0640. The van der Waals surface area contributed by atoms with Gasteiger partial charge >= 0.3 is 5.69 Å². The maximum absolute atomic E-state index is 12.5. The maximum Gasteiger partial charge on any atom is 0.345 e. The molecule has 8 nitrogen and oxygen atoms in total. The molecule has 9 heteroatoms. The molecule has 1 aromatic carbocycles. The summed E-state index contributed by atoms with van der Waals surface area (Å²) in [6, 6.07) is 8.06. The van der Waals surface area contributed by atoms with Crippen molar-refractivity contribution in [3.63, 3.8) is 0 Å². The van der Waals surface area contributed by atoms with Crippen LogP contribution in [0.25, 0.3) is 11.3 Å². The van der Waals surface area contributed by atoms with Crippen LogP contribution in [0.1, 0.15) is 32.2 Å². The summed E-state index contributed by atoms with van der Waals surface area (Å²) < 4.78 is 12.5. The van der Waals surface area contributed by atoms with Gasteiger partial charge in [-0.25, -0.2) is 19.2 Å². The molecule has 27 heavy (non-hydrogen) atoms. The third kappa shape index (κ3) is 2.99. The van der Waals surface area contributed by atoms with Crippen LogP contribution in [0.5, 0.6) is 0 Å². The van der Waals surface area contributed by atoms with Crippen LogP contribution in [-0.2, 0) is 13.2 Å². The number of fused-ring (bicyclic) bond motifs is 1. The Labute approximate surface area is 151 Å². The van der Waals surface area contributed by atoms with Crippen molar-refractivity contribution in [2.24, 2.45) is 0 Å². The first kappa shape index (κ1) is 16.7. The standard InChI is InChI=1S/C18H12FN5O3/c19-6-15-20-7-10(8-21-15)14-5-11(22-18(27)23-14)9-24-16(25)12-3-1-2-4-13(12)17(24)26/h1-5,7-8H,6,9H2,(H,22,23,27). The summed E-state index contributed by atoms with van der Waals surface area (Å²) >= 11 is 0. The number of hydrogen-bond donors (Lipinski definition) is 1. The molecule has 0 atom stereocenters. The van der Waals surface area contributed by atoms with E-state index in [-0.39, 0.29) is 18.1 Å². The SMILES string of the molecule is O=C1c2ccccc2C(=O)N1Cc1cc(-c2cnc(CF)nc2)nc(=O)[nH]1. The Morgan fingerprint density at radius 1 is 1.00 bits per heavy atom. The Morgan fingerprint density at radius 3 is 2.22 bits per heavy atom. The maximum atomic E-state index is 12.5.